The molecule has 2 aliphatic heterocycles. The second-order valence-corrected chi connectivity index (χ2v) is 10.2. The van der Waals surface area contributed by atoms with Crippen molar-refractivity contribution >= 4 is 30.1 Å². The maximum atomic E-state index is 13.0. The van der Waals surface area contributed by atoms with E-state index in [2.05, 4.69) is 5.32 Å². The molecule has 2 amide bonds. The minimum atomic E-state index is -0.550. The van der Waals surface area contributed by atoms with Crippen molar-refractivity contribution in [3.63, 3.8) is 0 Å². The fourth-order valence-electron chi connectivity index (χ4n) is 4.32. The molecule has 7 nitrogen and oxygen atoms in total. The molecule has 8 heteroatoms. The number of aliphatic hydroxyl groups excluding tert-OH is 1. The zero-order chi connectivity index (χ0) is 24.5. The molecule has 180 valence electrons. The number of hydrogen-bond acceptors (Lipinski definition) is 5. The number of carbonyl (C=O) groups is 2. The molecule has 2 aromatic rings. The van der Waals surface area contributed by atoms with E-state index in [4.69, 9.17) is 9.31 Å². The molecule has 0 radical (unpaired) electrons. The topological polar surface area (TPSA) is 88.1 Å². The molecule has 34 heavy (non-hydrogen) atoms. The summed E-state index contributed by atoms with van der Waals surface area (Å²) >= 11 is 0. The normalized spacial score (nSPS) is 21.4. The number of benzene rings is 2. The Kier molecular flexibility index (Phi) is 6.85. The molecule has 0 spiro atoms. The Balaban J connectivity index is 1.46. The number of nitrogens with one attached hydrogen (secondary N) is 1. The van der Waals surface area contributed by atoms with Gasteiger partial charge in [0.25, 0.3) is 11.8 Å². The van der Waals surface area contributed by atoms with Crippen LogP contribution in [0.5, 0.6) is 0 Å². The Morgan fingerprint density at radius 1 is 1.06 bits per heavy atom. The number of carbonyl (C=O) groups excluding carboxylic acids is 2. The van der Waals surface area contributed by atoms with Gasteiger partial charge in [-0.25, -0.2) is 0 Å². The highest BCUT2D eigenvalue weighted by atomic mass is 16.7. The van der Waals surface area contributed by atoms with E-state index in [-0.39, 0.29) is 24.3 Å². The fourth-order valence-corrected chi connectivity index (χ4v) is 4.32. The highest BCUT2D eigenvalue weighted by Crippen LogP contribution is 2.36. The second-order valence-electron chi connectivity index (χ2n) is 10.2. The molecule has 4 rings (SSSR count). The molecule has 1 atom stereocenters. The summed E-state index contributed by atoms with van der Waals surface area (Å²) < 4.78 is 12.2. The molecule has 0 aliphatic carbocycles. The summed E-state index contributed by atoms with van der Waals surface area (Å²) in [5.74, 6) is -0.241. The van der Waals surface area contributed by atoms with Gasteiger partial charge in [0.05, 0.1) is 11.2 Å². The van der Waals surface area contributed by atoms with Gasteiger partial charge >= 0.3 is 7.12 Å². The maximum Gasteiger partial charge on any atom is 0.494 e. The van der Waals surface area contributed by atoms with E-state index in [1.54, 1.807) is 41.3 Å². The van der Waals surface area contributed by atoms with Gasteiger partial charge in [0.1, 0.15) is 0 Å². The fraction of sp³-hybridized carbons (Fsp3) is 0.462. The van der Waals surface area contributed by atoms with Crippen LogP contribution in [0.3, 0.4) is 0 Å². The van der Waals surface area contributed by atoms with Gasteiger partial charge in [-0.15, -0.1) is 0 Å². The molecule has 0 aromatic heterocycles. The molecular weight excluding hydrogens is 431 g/mol. The Labute approximate surface area is 201 Å². The monoisotopic (exact) mass is 464 g/mol. The van der Waals surface area contributed by atoms with E-state index in [0.717, 1.165) is 18.3 Å². The lowest BCUT2D eigenvalue weighted by atomic mass is 9.78. The van der Waals surface area contributed by atoms with Gasteiger partial charge in [0.2, 0.25) is 0 Å². The Morgan fingerprint density at radius 2 is 1.74 bits per heavy atom. The van der Waals surface area contributed by atoms with Crippen molar-refractivity contribution in [3.8, 4) is 0 Å². The molecule has 2 aliphatic rings. The Hall–Kier alpha value is -2.68. The first kappa shape index (κ1) is 24.4. The van der Waals surface area contributed by atoms with Gasteiger partial charge in [-0.2, -0.15) is 0 Å². The van der Waals surface area contributed by atoms with Crippen molar-refractivity contribution in [3.05, 3.63) is 59.7 Å². The first-order valence-electron chi connectivity index (χ1n) is 11.9. The van der Waals surface area contributed by atoms with E-state index >= 15 is 0 Å². The predicted molar refractivity (Wildman–Crippen MR) is 132 cm³/mol. The second kappa shape index (κ2) is 9.52. The molecule has 2 fully saturated rings. The number of amides is 2. The molecule has 1 unspecified atom stereocenters. The summed E-state index contributed by atoms with van der Waals surface area (Å²) in [5, 5.41) is 12.3. The molecule has 0 bridgehead atoms. The van der Waals surface area contributed by atoms with Crippen LogP contribution < -0.4 is 10.8 Å². The van der Waals surface area contributed by atoms with Crippen LogP contribution in [0.15, 0.2) is 48.5 Å². The van der Waals surface area contributed by atoms with Gasteiger partial charge < -0.3 is 24.6 Å². The number of anilines is 1. The molecule has 0 saturated carbocycles. The lowest BCUT2D eigenvalue weighted by Crippen LogP contribution is -2.41. The SMILES string of the molecule is CC1(C)OB(c2cccc(C(=O)Nc3cccc(C(=O)N4CCCC(CO)C4)c3)c2)OC1(C)C. The summed E-state index contributed by atoms with van der Waals surface area (Å²) in [7, 11) is -0.550. The predicted octanol–water partition coefficient (Wildman–Crippen LogP) is 3.08. The van der Waals surface area contributed by atoms with E-state index in [1.807, 2.05) is 39.8 Å². The molecule has 2 aromatic carbocycles. The Bertz CT molecular complexity index is 1050. The van der Waals surface area contributed by atoms with E-state index in [0.29, 0.717) is 29.9 Å². The minimum absolute atomic E-state index is 0.0861. The average Bonchev–Trinajstić information content (AvgIpc) is 3.05. The average molecular weight is 464 g/mol. The smallest absolute Gasteiger partial charge is 0.399 e. The molecule has 2 heterocycles. The van der Waals surface area contributed by atoms with Gasteiger partial charge in [0.15, 0.2) is 0 Å². The quantitative estimate of drug-likeness (QED) is 0.665. The van der Waals surface area contributed by atoms with Crippen molar-refractivity contribution in [1.29, 1.82) is 0 Å². The van der Waals surface area contributed by atoms with E-state index < -0.39 is 18.3 Å². The number of rotatable bonds is 5. The van der Waals surface area contributed by atoms with Crippen molar-refractivity contribution in [1.82, 2.24) is 4.90 Å². The maximum absolute atomic E-state index is 13.0. The minimum Gasteiger partial charge on any atom is -0.399 e. The summed E-state index contributed by atoms with van der Waals surface area (Å²) in [4.78, 5) is 27.7. The van der Waals surface area contributed by atoms with Crippen LogP contribution in [0.4, 0.5) is 5.69 Å². The summed E-state index contributed by atoms with van der Waals surface area (Å²) in [5.41, 5.74) is 1.39. The van der Waals surface area contributed by atoms with Crippen LogP contribution in [0, 0.1) is 5.92 Å². The third-order valence-electron chi connectivity index (χ3n) is 7.11. The summed E-state index contributed by atoms with van der Waals surface area (Å²) in [6.07, 6.45) is 1.81. The van der Waals surface area contributed by atoms with Gasteiger partial charge in [0, 0.05) is 36.5 Å². The highest BCUT2D eigenvalue weighted by molar-refractivity contribution is 6.62. The van der Waals surface area contributed by atoms with Crippen LogP contribution in [-0.4, -0.2) is 59.8 Å². The molecule has 2 N–H and O–H groups in total. The van der Waals surface area contributed by atoms with Crippen molar-refractivity contribution < 1.29 is 24.0 Å². The van der Waals surface area contributed by atoms with E-state index in [1.165, 1.54) is 0 Å². The van der Waals surface area contributed by atoms with Crippen molar-refractivity contribution in [2.75, 3.05) is 25.0 Å². The van der Waals surface area contributed by atoms with Crippen LogP contribution >= 0.6 is 0 Å². The van der Waals surface area contributed by atoms with E-state index in [9.17, 15) is 14.7 Å². The number of hydrogen-bond donors (Lipinski definition) is 2. The van der Waals surface area contributed by atoms with Crippen LogP contribution in [0.2, 0.25) is 0 Å². The summed E-state index contributed by atoms with van der Waals surface area (Å²) in [6.45, 7) is 9.29. The van der Waals surface area contributed by atoms with Crippen LogP contribution in [0.1, 0.15) is 61.3 Å². The van der Waals surface area contributed by atoms with Crippen molar-refractivity contribution in [2.24, 2.45) is 5.92 Å². The Morgan fingerprint density at radius 3 is 2.44 bits per heavy atom. The highest BCUT2D eigenvalue weighted by Gasteiger charge is 2.51. The number of likely N-dealkylation sites (tertiary alicyclic amines) is 1. The zero-order valence-electron chi connectivity index (χ0n) is 20.3. The first-order valence-corrected chi connectivity index (χ1v) is 11.9. The van der Waals surface area contributed by atoms with Crippen LogP contribution in [-0.2, 0) is 9.31 Å². The largest absolute Gasteiger partial charge is 0.494 e. The third-order valence-corrected chi connectivity index (χ3v) is 7.11. The van der Waals surface area contributed by atoms with Crippen LogP contribution in [0.25, 0.3) is 0 Å². The number of piperidine rings is 1. The summed E-state index contributed by atoms with van der Waals surface area (Å²) in [6, 6.07) is 14.2. The zero-order valence-corrected chi connectivity index (χ0v) is 20.3. The van der Waals surface area contributed by atoms with Crippen molar-refractivity contribution in [2.45, 2.75) is 51.7 Å². The standard InChI is InChI=1S/C26H33BN2O5/c1-25(2)26(3,4)34-27(33-25)21-11-5-9-19(14-21)23(31)28-22-12-6-10-20(15-22)24(32)29-13-7-8-18(16-29)17-30/h5-6,9-12,14-15,18,30H,7-8,13,16-17H2,1-4H3,(H,28,31). The first-order chi connectivity index (χ1) is 16.1. The number of aliphatic hydroxyl groups is 1. The molecule has 2 saturated heterocycles. The third kappa shape index (κ3) is 5.04. The lowest BCUT2D eigenvalue weighted by Gasteiger charge is -2.32. The lowest BCUT2D eigenvalue weighted by molar-refractivity contribution is 0.00578. The number of nitrogens with zero attached hydrogens (tertiary/aromatic N) is 1. The van der Waals surface area contributed by atoms with Gasteiger partial charge in [-0.3, -0.25) is 9.59 Å². The van der Waals surface area contributed by atoms with Gasteiger partial charge in [-0.05, 0) is 82.2 Å². The van der Waals surface area contributed by atoms with Gasteiger partial charge in [-0.1, -0.05) is 18.2 Å². The molecular formula is C26H33BN2O5.